The van der Waals surface area contributed by atoms with Crippen LogP contribution >= 0.6 is 0 Å². The van der Waals surface area contributed by atoms with E-state index in [0.29, 0.717) is 28.2 Å². The fourth-order valence-electron chi connectivity index (χ4n) is 2.86. The molecule has 1 aromatic heterocycles. The number of aryl methyl sites for hydroxylation is 1. The lowest BCUT2D eigenvalue weighted by molar-refractivity contribution is 0.262. The largest absolute Gasteiger partial charge is 0.489 e. The van der Waals surface area contributed by atoms with E-state index in [-0.39, 0.29) is 12.4 Å². The third-order valence-electron chi connectivity index (χ3n) is 4.43. The molecule has 4 rings (SSSR count). The minimum atomic E-state index is -0.403. The van der Waals surface area contributed by atoms with Gasteiger partial charge in [0.2, 0.25) is 0 Å². The summed E-state index contributed by atoms with van der Waals surface area (Å²) < 4.78 is 19.5. The summed E-state index contributed by atoms with van der Waals surface area (Å²) >= 11 is 0. The maximum atomic E-state index is 13.8. The van der Waals surface area contributed by atoms with Crippen LogP contribution in [0.2, 0.25) is 0 Å². The van der Waals surface area contributed by atoms with Gasteiger partial charge in [-0.05, 0) is 43.3 Å². The lowest BCUT2D eigenvalue weighted by atomic mass is 10.2. The van der Waals surface area contributed by atoms with Gasteiger partial charge in [0.1, 0.15) is 18.2 Å². The molecule has 0 aliphatic rings. The standard InChI is InChI=1S/C22H19FN4O2/c1-14-6-8-16(9-7-14)24-22(28)25-21-18-12-17(10-11-20(18)26-27-21)29-13-15-4-2-3-5-19(15)23/h2-12H,13H2,1H3,(H3,24,25,26,27,28). The Hall–Kier alpha value is -3.87. The first kappa shape index (κ1) is 18.5. The van der Waals surface area contributed by atoms with Crippen molar-refractivity contribution in [3.05, 3.63) is 83.7 Å². The second kappa shape index (κ2) is 8.02. The monoisotopic (exact) mass is 390 g/mol. The molecular formula is C22H19FN4O2. The number of hydrogen-bond acceptors (Lipinski definition) is 3. The SMILES string of the molecule is Cc1ccc(NC(=O)Nc2n[nH]c3ccc(OCc4ccccc4F)cc23)cc1. The van der Waals surface area contributed by atoms with E-state index in [1.807, 2.05) is 31.2 Å². The van der Waals surface area contributed by atoms with Crippen molar-refractivity contribution in [1.29, 1.82) is 0 Å². The molecule has 0 fully saturated rings. The van der Waals surface area contributed by atoms with Gasteiger partial charge in [0.25, 0.3) is 0 Å². The Balaban J connectivity index is 1.47. The quantitative estimate of drug-likeness (QED) is 0.436. The van der Waals surface area contributed by atoms with Crippen LogP contribution in [-0.2, 0) is 6.61 Å². The van der Waals surface area contributed by atoms with Crippen LogP contribution in [0.1, 0.15) is 11.1 Å². The summed E-state index contributed by atoms with van der Waals surface area (Å²) in [7, 11) is 0. The highest BCUT2D eigenvalue weighted by Crippen LogP contribution is 2.26. The Labute approximate surface area is 166 Å². The predicted molar refractivity (Wildman–Crippen MR) is 111 cm³/mol. The predicted octanol–water partition coefficient (Wildman–Crippen LogP) is 5.23. The molecule has 4 aromatic rings. The van der Waals surface area contributed by atoms with Gasteiger partial charge in [-0.25, -0.2) is 9.18 Å². The molecule has 3 N–H and O–H groups in total. The summed E-state index contributed by atoms with van der Waals surface area (Å²) in [4.78, 5) is 12.3. The number of fused-ring (bicyclic) bond motifs is 1. The van der Waals surface area contributed by atoms with Crippen molar-refractivity contribution in [3.63, 3.8) is 0 Å². The number of hydrogen-bond donors (Lipinski definition) is 3. The third kappa shape index (κ3) is 4.35. The molecule has 0 unspecified atom stereocenters. The number of anilines is 2. The van der Waals surface area contributed by atoms with E-state index in [1.54, 1.807) is 36.4 Å². The first-order valence-corrected chi connectivity index (χ1v) is 9.07. The molecule has 6 nitrogen and oxygen atoms in total. The van der Waals surface area contributed by atoms with E-state index in [4.69, 9.17) is 4.74 Å². The van der Waals surface area contributed by atoms with Crippen molar-refractivity contribution >= 4 is 28.4 Å². The summed E-state index contributed by atoms with van der Waals surface area (Å²) in [5.74, 6) is 0.608. The number of aromatic nitrogens is 2. The number of nitrogens with zero attached hydrogens (tertiary/aromatic N) is 1. The number of carbonyl (C=O) groups excluding carboxylic acids is 1. The van der Waals surface area contributed by atoms with Gasteiger partial charge in [0.05, 0.1) is 5.52 Å². The van der Waals surface area contributed by atoms with Crippen molar-refractivity contribution in [1.82, 2.24) is 10.2 Å². The van der Waals surface area contributed by atoms with E-state index >= 15 is 0 Å². The summed E-state index contributed by atoms with van der Waals surface area (Å²) in [6, 6.07) is 18.9. The molecule has 0 aliphatic carbocycles. The van der Waals surface area contributed by atoms with Crippen LogP contribution in [0.4, 0.5) is 20.7 Å². The second-order valence-electron chi connectivity index (χ2n) is 6.60. The van der Waals surface area contributed by atoms with Crippen LogP contribution in [0.5, 0.6) is 5.75 Å². The Morgan fingerprint density at radius 3 is 2.66 bits per heavy atom. The summed E-state index contributed by atoms with van der Waals surface area (Å²) in [5, 5.41) is 13.2. The molecule has 29 heavy (non-hydrogen) atoms. The molecular weight excluding hydrogens is 371 g/mol. The first-order valence-electron chi connectivity index (χ1n) is 9.07. The highest BCUT2D eigenvalue weighted by molar-refractivity contribution is 6.04. The number of benzene rings is 3. The summed E-state index contributed by atoms with van der Waals surface area (Å²) in [6.07, 6.45) is 0. The van der Waals surface area contributed by atoms with Crippen LogP contribution in [0, 0.1) is 12.7 Å². The highest BCUT2D eigenvalue weighted by Gasteiger charge is 2.11. The van der Waals surface area contributed by atoms with Crippen LogP contribution in [-0.4, -0.2) is 16.2 Å². The number of rotatable bonds is 5. The molecule has 0 aliphatic heterocycles. The van der Waals surface area contributed by atoms with E-state index in [9.17, 15) is 9.18 Å². The number of urea groups is 1. The summed E-state index contributed by atoms with van der Waals surface area (Å²) in [5.41, 5.74) is 3.00. The first-order chi connectivity index (χ1) is 14.1. The van der Waals surface area contributed by atoms with Crippen molar-refractivity contribution in [2.75, 3.05) is 10.6 Å². The molecule has 0 saturated carbocycles. The fraction of sp³-hybridized carbons (Fsp3) is 0.0909. The number of ether oxygens (including phenoxy) is 1. The number of H-pyrrole nitrogens is 1. The maximum Gasteiger partial charge on any atom is 0.324 e. The number of carbonyl (C=O) groups is 1. The van der Waals surface area contributed by atoms with Gasteiger partial charge in [-0.1, -0.05) is 35.9 Å². The van der Waals surface area contributed by atoms with Gasteiger partial charge < -0.3 is 10.1 Å². The van der Waals surface area contributed by atoms with Gasteiger partial charge in [0, 0.05) is 16.6 Å². The van der Waals surface area contributed by atoms with Gasteiger partial charge >= 0.3 is 6.03 Å². The fourth-order valence-corrected chi connectivity index (χ4v) is 2.86. The van der Waals surface area contributed by atoms with Gasteiger partial charge in [-0.3, -0.25) is 10.4 Å². The minimum Gasteiger partial charge on any atom is -0.489 e. The number of aromatic amines is 1. The van der Waals surface area contributed by atoms with Crippen LogP contribution < -0.4 is 15.4 Å². The van der Waals surface area contributed by atoms with Crippen LogP contribution in [0.3, 0.4) is 0 Å². The zero-order valence-corrected chi connectivity index (χ0v) is 15.7. The molecule has 7 heteroatoms. The number of nitrogens with one attached hydrogen (secondary N) is 3. The van der Waals surface area contributed by atoms with Crippen LogP contribution in [0.15, 0.2) is 66.7 Å². The van der Waals surface area contributed by atoms with Crippen molar-refractivity contribution in [2.24, 2.45) is 0 Å². The van der Waals surface area contributed by atoms with Gasteiger partial charge in [-0.2, -0.15) is 5.10 Å². The average molecular weight is 390 g/mol. The smallest absolute Gasteiger partial charge is 0.324 e. The van der Waals surface area contributed by atoms with Crippen molar-refractivity contribution < 1.29 is 13.9 Å². The lowest BCUT2D eigenvalue weighted by Gasteiger charge is -2.08. The zero-order chi connectivity index (χ0) is 20.2. The van der Waals surface area contributed by atoms with Crippen molar-refractivity contribution in [3.8, 4) is 5.75 Å². The van der Waals surface area contributed by atoms with E-state index in [2.05, 4.69) is 20.8 Å². The van der Waals surface area contributed by atoms with E-state index in [1.165, 1.54) is 6.07 Å². The third-order valence-corrected chi connectivity index (χ3v) is 4.43. The Bertz CT molecular complexity index is 1160. The van der Waals surface area contributed by atoms with E-state index < -0.39 is 6.03 Å². The normalized spacial score (nSPS) is 10.7. The molecule has 146 valence electrons. The molecule has 1 heterocycles. The molecule has 0 spiro atoms. The molecule has 0 radical (unpaired) electrons. The molecule has 2 amide bonds. The zero-order valence-electron chi connectivity index (χ0n) is 15.7. The maximum absolute atomic E-state index is 13.8. The molecule has 0 bridgehead atoms. The van der Waals surface area contributed by atoms with Gasteiger partial charge in [-0.15, -0.1) is 0 Å². The second-order valence-corrected chi connectivity index (χ2v) is 6.60. The number of halogens is 1. The lowest BCUT2D eigenvalue weighted by Crippen LogP contribution is -2.19. The van der Waals surface area contributed by atoms with Crippen molar-refractivity contribution in [2.45, 2.75) is 13.5 Å². The molecule has 0 atom stereocenters. The Morgan fingerprint density at radius 2 is 1.86 bits per heavy atom. The highest BCUT2D eigenvalue weighted by atomic mass is 19.1. The summed E-state index contributed by atoms with van der Waals surface area (Å²) in [6.45, 7) is 2.08. The Kier molecular flexibility index (Phi) is 5.11. The van der Waals surface area contributed by atoms with E-state index in [0.717, 1.165) is 11.1 Å². The average Bonchev–Trinajstić information content (AvgIpc) is 3.11. The topological polar surface area (TPSA) is 79.0 Å². The van der Waals surface area contributed by atoms with Crippen LogP contribution in [0.25, 0.3) is 10.9 Å². The number of amides is 2. The molecule has 3 aromatic carbocycles. The molecule has 0 saturated heterocycles. The minimum absolute atomic E-state index is 0.104. The Morgan fingerprint density at radius 1 is 1.07 bits per heavy atom. The van der Waals surface area contributed by atoms with Gasteiger partial charge in [0.15, 0.2) is 5.82 Å².